The summed E-state index contributed by atoms with van der Waals surface area (Å²) in [7, 11) is 3.69. The minimum Gasteiger partial charge on any atom is -0.497 e. The van der Waals surface area contributed by atoms with Crippen LogP contribution in [0.1, 0.15) is 62.4 Å². The number of halogens is 1. The van der Waals surface area contributed by atoms with E-state index < -0.39 is 12.1 Å². The number of hydrogen-bond donors (Lipinski definition) is 1. The third kappa shape index (κ3) is 7.31. The molecule has 1 aromatic carbocycles. The molecular weight excluding hydrogens is 469 g/mol. The predicted octanol–water partition coefficient (Wildman–Crippen LogP) is 6.20. The van der Waals surface area contributed by atoms with Gasteiger partial charge in [-0.15, -0.1) is 0 Å². The monoisotopic (exact) mass is 509 g/mol. The van der Waals surface area contributed by atoms with E-state index in [4.69, 9.17) is 4.74 Å². The smallest absolute Gasteiger partial charge is 0.303 e. The van der Waals surface area contributed by atoms with E-state index in [1.165, 1.54) is 5.69 Å². The molecule has 1 fully saturated rings. The van der Waals surface area contributed by atoms with Gasteiger partial charge in [-0.25, -0.2) is 4.39 Å². The number of carboxylic acids is 1. The first kappa shape index (κ1) is 27.1. The van der Waals surface area contributed by atoms with E-state index in [9.17, 15) is 9.90 Å². The van der Waals surface area contributed by atoms with Gasteiger partial charge in [0.15, 0.2) is 0 Å². The molecule has 4 rings (SSSR count). The van der Waals surface area contributed by atoms with E-state index in [-0.39, 0.29) is 6.42 Å². The molecule has 1 aliphatic rings. The highest BCUT2D eigenvalue weighted by Crippen LogP contribution is 2.36. The first-order chi connectivity index (χ1) is 17.9. The number of fused-ring (bicyclic) bond motifs is 1. The minimum absolute atomic E-state index is 0.177. The molecule has 0 saturated carbocycles. The van der Waals surface area contributed by atoms with Crippen LogP contribution in [0.25, 0.3) is 10.9 Å². The van der Waals surface area contributed by atoms with Gasteiger partial charge in [0, 0.05) is 43.5 Å². The summed E-state index contributed by atoms with van der Waals surface area (Å²) >= 11 is 0. The fourth-order valence-corrected chi connectivity index (χ4v) is 5.84. The molecule has 0 amide bonds. The van der Waals surface area contributed by atoms with Gasteiger partial charge in [-0.05, 0) is 112 Å². The SMILES string of the molecule is COc1ccc2nccc([C@@H](F)CCC3CCN(CCCCc4cccn4C)CC3CCC(=O)O)c2c1. The van der Waals surface area contributed by atoms with Crippen LogP contribution < -0.4 is 4.74 Å². The van der Waals surface area contributed by atoms with Crippen LogP contribution in [0.5, 0.6) is 5.75 Å². The van der Waals surface area contributed by atoms with Crippen LogP contribution in [-0.2, 0) is 18.3 Å². The topological polar surface area (TPSA) is 67.6 Å². The van der Waals surface area contributed by atoms with Crippen molar-refractivity contribution < 1.29 is 19.0 Å². The number of likely N-dealkylation sites (tertiary alicyclic amines) is 1. The number of aryl methyl sites for hydroxylation is 2. The summed E-state index contributed by atoms with van der Waals surface area (Å²) in [5.41, 5.74) is 2.78. The van der Waals surface area contributed by atoms with Crippen LogP contribution in [0.4, 0.5) is 4.39 Å². The van der Waals surface area contributed by atoms with Crippen molar-refractivity contribution in [3.63, 3.8) is 0 Å². The maximum Gasteiger partial charge on any atom is 0.303 e. The number of benzene rings is 1. The lowest BCUT2D eigenvalue weighted by molar-refractivity contribution is -0.137. The molecule has 0 radical (unpaired) electrons. The largest absolute Gasteiger partial charge is 0.497 e. The number of aromatic nitrogens is 2. The normalized spacial score (nSPS) is 19.2. The van der Waals surface area contributed by atoms with Gasteiger partial charge in [-0.2, -0.15) is 0 Å². The summed E-state index contributed by atoms with van der Waals surface area (Å²) in [6, 6.07) is 11.6. The number of nitrogens with zero attached hydrogens (tertiary/aromatic N) is 3. The third-order valence-corrected chi connectivity index (χ3v) is 8.02. The molecule has 3 heterocycles. The molecule has 1 N–H and O–H groups in total. The van der Waals surface area contributed by atoms with Crippen molar-refractivity contribution in [1.29, 1.82) is 0 Å². The van der Waals surface area contributed by atoms with Crippen molar-refractivity contribution >= 4 is 16.9 Å². The molecule has 1 saturated heterocycles. The molecule has 7 heteroatoms. The van der Waals surface area contributed by atoms with E-state index in [1.54, 1.807) is 19.4 Å². The first-order valence-corrected chi connectivity index (χ1v) is 13.6. The number of pyridine rings is 1. The van der Waals surface area contributed by atoms with Gasteiger partial charge in [0.05, 0.1) is 12.6 Å². The number of aliphatic carboxylic acids is 1. The van der Waals surface area contributed by atoms with Gasteiger partial charge in [0.1, 0.15) is 11.9 Å². The number of rotatable bonds is 13. The Morgan fingerprint density at radius 2 is 2.08 bits per heavy atom. The molecule has 6 nitrogen and oxygen atoms in total. The third-order valence-electron chi connectivity index (χ3n) is 8.02. The molecule has 0 spiro atoms. The van der Waals surface area contributed by atoms with Crippen LogP contribution in [-0.4, -0.2) is 52.3 Å². The molecule has 200 valence electrons. The van der Waals surface area contributed by atoms with E-state index in [0.717, 1.165) is 62.6 Å². The molecule has 0 bridgehead atoms. The van der Waals surface area contributed by atoms with Gasteiger partial charge in [-0.3, -0.25) is 9.78 Å². The number of ether oxygens (including phenoxy) is 1. The second kappa shape index (κ2) is 13.0. The molecular formula is C30H40FN3O3. The Kier molecular flexibility index (Phi) is 9.56. The van der Waals surface area contributed by atoms with Crippen molar-refractivity contribution in [3.05, 3.63) is 60.0 Å². The zero-order valence-electron chi connectivity index (χ0n) is 22.1. The Hall–Kier alpha value is -2.93. The second-order valence-corrected chi connectivity index (χ2v) is 10.4. The van der Waals surface area contributed by atoms with E-state index >= 15 is 4.39 Å². The van der Waals surface area contributed by atoms with Gasteiger partial charge < -0.3 is 19.3 Å². The Balaban J connectivity index is 1.32. The lowest BCUT2D eigenvalue weighted by atomic mass is 9.79. The summed E-state index contributed by atoms with van der Waals surface area (Å²) in [6.07, 6.45) is 9.05. The van der Waals surface area contributed by atoms with Gasteiger partial charge >= 0.3 is 5.97 Å². The summed E-state index contributed by atoms with van der Waals surface area (Å²) < 4.78 is 23.1. The number of methoxy groups -OCH3 is 1. The summed E-state index contributed by atoms with van der Waals surface area (Å²) in [5.74, 6) is 0.580. The van der Waals surface area contributed by atoms with Crippen LogP contribution >= 0.6 is 0 Å². The fourth-order valence-electron chi connectivity index (χ4n) is 5.84. The van der Waals surface area contributed by atoms with Crippen LogP contribution in [0.3, 0.4) is 0 Å². The number of piperidine rings is 1. The van der Waals surface area contributed by atoms with E-state index in [0.29, 0.717) is 36.0 Å². The summed E-state index contributed by atoms with van der Waals surface area (Å²) in [4.78, 5) is 18.2. The molecule has 1 aliphatic heterocycles. The van der Waals surface area contributed by atoms with Crippen molar-refractivity contribution in [2.75, 3.05) is 26.7 Å². The van der Waals surface area contributed by atoms with Crippen LogP contribution in [0.15, 0.2) is 48.8 Å². The highest BCUT2D eigenvalue weighted by Gasteiger charge is 2.30. The fraction of sp³-hybridized carbons (Fsp3) is 0.533. The molecule has 0 aliphatic carbocycles. The highest BCUT2D eigenvalue weighted by molar-refractivity contribution is 5.83. The van der Waals surface area contributed by atoms with Crippen molar-refractivity contribution in [2.45, 2.75) is 57.5 Å². The zero-order chi connectivity index (χ0) is 26.2. The Bertz CT molecular complexity index is 1160. The number of unbranched alkanes of at least 4 members (excludes halogenated alkanes) is 1. The number of alkyl halides is 1. The number of carboxylic acid groups (broad SMARTS) is 1. The van der Waals surface area contributed by atoms with E-state index in [2.05, 4.69) is 39.8 Å². The van der Waals surface area contributed by atoms with Gasteiger partial charge in [0.25, 0.3) is 0 Å². The average Bonchev–Trinajstić information content (AvgIpc) is 3.32. The van der Waals surface area contributed by atoms with Gasteiger partial charge in [-0.1, -0.05) is 0 Å². The maximum atomic E-state index is 15.5. The highest BCUT2D eigenvalue weighted by atomic mass is 19.1. The standard InChI is InChI=1S/C30H40FN3O3/c1-33-17-5-7-24(33)6-3-4-18-34-19-15-22(23(21-34)9-13-30(35)36)8-11-28(31)26-14-16-32-29-12-10-25(37-2)20-27(26)29/h5,7,10,12,14,16-17,20,22-23,28H,3-4,6,8-9,11,13,15,18-19,21H2,1-2H3,(H,35,36)/t22?,23?,28-/m0/s1. The quantitative estimate of drug-likeness (QED) is 0.278. The lowest BCUT2D eigenvalue weighted by Crippen LogP contribution is -2.41. The Labute approximate surface area is 219 Å². The molecule has 37 heavy (non-hydrogen) atoms. The van der Waals surface area contributed by atoms with Crippen LogP contribution in [0, 0.1) is 11.8 Å². The molecule has 2 aromatic heterocycles. The van der Waals surface area contributed by atoms with Crippen LogP contribution in [0.2, 0.25) is 0 Å². The summed E-state index contributed by atoms with van der Waals surface area (Å²) in [5, 5.41) is 10.1. The number of hydrogen-bond acceptors (Lipinski definition) is 4. The first-order valence-electron chi connectivity index (χ1n) is 13.6. The zero-order valence-corrected chi connectivity index (χ0v) is 22.1. The maximum absolute atomic E-state index is 15.5. The van der Waals surface area contributed by atoms with Gasteiger partial charge in [0.2, 0.25) is 0 Å². The molecule has 3 aromatic rings. The Morgan fingerprint density at radius 3 is 2.84 bits per heavy atom. The average molecular weight is 510 g/mol. The molecule has 3 atom stereocenters. The molecule has 2 unspecified atom stereocenters. The minimum atomic E-state index is -1.09. The van der Waals surface area contributed by atoms with Crippen molar-refractivity contribution in [2.24, 2.45) is 18.9 Å². The Morgan fingerprint density at radius 1 is 1.22 bits per heavy atom. The predicted molar refractivity (Wildman–Crippen MR) is 145 cm³/mol. The van der Waals surface area contributed by atoms with E-state index in [1.807, 2.05) is 18.2 Å². The summed E-state index contributed by atoms with van der Waals surface area (Å²) in [6.45, 7) is 2.95. The lowest BCUT2D eigenvalue weighted by Gasteiger charge is -2.39. The van der Waals surface area contributed by atoms with Crippen molar-refractivity contribution in [3.8, 4) is 5.75 Å². The van der Waals surface area contributed by atoms with Crippen molar-refractivity contribution in [1.82, 2.24) is 14.5 Å². The second-order valence-electron chi connectivity index (χ2n) is 10.4. The number of carbonyl (C=O) groups is 1.